The molecule has 0 spiro atoms. The number of hydrogen-bond acceptors (Lipinski definition) is 4. The molecular weight excluding hydrogens is 374 g/mol. The molecule has 0 amide bonds. The van der Waals surface area contributed by atoms with Gasteiger partial charge in [0.15, 0.2) is 28.2 Å². The highest BCUT2D eigenvalue weighted by Gasteiger charge is 2.31. The van der Waals surface area contributed by atoms with E-state index < -0.39 is 49.1 Å². The van der Waals surface area contributed by atoms with Crippen molar-refractivity contribution in [3.63, 3.8) is 0 Å². The first-order valence-corrected chi connectivity index (χ1v) is 8.30. The highest BCUT2D eigenvalue weighted by Crippen LogP contribution is 2.37. The van der Waals surface area contributed by atoms with Crippen LogP contribution >= 0.6 is 11.8 Å². The minimum absolute atomic E-state index is 0.0325. The molecule has 0 saturated carbocycles. The van der Waals surface area contributed by atoms with Crippen molar-refractivity contribution < 1.29 is 35.9 Å². The summed E-state index contributed by atoms with van der Waals surface area (Å²) >= 11 is 0.191. The van der Waals surface area contributed by atoms with Gasteiger partial charge in [-0.1, -0.05) is 17.8 Å². The summed E-state index contributed by atoms with van der Waals surface area (Å²) in [5, 5.41) is 13.4. The molecule has 0 aliphatic heterocycles. The Labute approximate surface area is 137 Å². The number of benzene rings is 2. The van der Waals surface area contributed by atoms with E-state index in [0.29, 0.717) is 0 Å². The molecule has 11 heteroatoms. The van der Waals surface area contributed by atoms with Gasteiger partial charge < -0.3 is 5.11 Å². The normalized spacial score (nSPS) is 11.5. The first-order valence-electron chi connectivity index (χ1n) is 5.94. The van der Waals surface area contributed by atoms with Gasteiger partial charge in [0.1, 0.15) is 0 Å². The molecule has 0 unspecified atom stereocenters. The number of sulfonamides is 1. The number of carbonyl (C=O) groups is 1. The average molecular weight is 381 g/mol. The molecule has 0 fully saturated rings. The molecule has 0 aromatic heterocycles. The summed E-state index contributed by atoms with van der Waals surface area (Å²) < 4.78 is 77.5. The molecule has 128 valence electrons. The Morgan fingerprint density at radius 2 is 1.58 bits per heavy atom. The summed E-state index contributed by atoms with van der Waals surface area (Å²) in [7, 11) is -5.03. The third kappa shape index (κ3) is 3.37. The van der Waals surface area contributed by atoms with Crippen LogP contribution < -0.4 is 5.14 Å². The van der Waals surface area contributed by atoms with Crippen LogP contribution in [-0.4, -0.2) is 19.5 Å². The summed E-state index contributed by atoms with van der Waals surface area (Å²) in [6.07, 6.45) is 0. The first-order chi connectivity index (χ1) is 11.0. The Balaban J connectivity index is 2.61. The fraction of sp³-hybridized carbons (Fsp3) is 0. The molecule has 2 aromatic rings. The number of carboxylic acids is 1. The number of rotatable bonds is 4. The number of nitrogens with two attached hydrogens (primary N) is 1. The third-order valence-electron chi connectivity index (χ3n) is 2.77. The zero-order valence-corrected chi connectivity index (χ0v) is 13.0. The lowest BCUT2D eigenvalue weighted by molar-refractivity contribution is 0.0696. The van der Waals surface area contributed by atoms with E-state index in [1.165, 1.54) is 18.2 Å². The standard InChI is InChI=1S/C13H7F4NO4S2/c14-7-9(16)12(24(18,21)22)10(17)8(15)11(7)23-6-3-1-2-5(4-6)13(19)20/h1-4H,(H,19,20)(H2,18,21,22). The van der Waals surface area contributed by atoms with Gasteiger partial charge in [0.25, 0.3) is 0 Å². The van der Waals surface area contributed by atoms with Crippen LogP contribution in [0.15, 0.2) is 39.0 Å². The SMILES string of the molecule is NS(=O)(=O)c1c(F)c(F)c(Sc2cccc(C(=O)O)c2)c(F)c1F. The van der Waals surface area contributed by atoms with E-state index in [-0.39, 0.29) is 22.2 Å². The van der Waals surface area contributed by atoms with Crippen molar-refractivity contribution in [2.75, 3.05) is 0 Å². The maximum Gasteiger partial charge on any atom is 0.335 e. The number of aromatic carboxylic acids is 1. The quantitative estimate of drug-likeness (QED) is 0.627. The molecule has 5 nitrogen and oxygen atoms in total. The molecule has 0 heterocycles. The van der Waals surface area contributed by atoms with Crippen LogP contribution in [0.5, 0.6) is 0 Å². The van der Waals surface area contributed by atoms with E-state index in [1.54, 1.807) is 0 Å². The van der Waals surface area contributed by atoms with Gasteiger partial charge in [0.2, 0.25) is 10.0 Å². The Morgan fingerprint density at radius 1 is 1.04 bits per heavy atom. The Hall–Kier alpha value is -2.11. The second-order valence-electron chi connectivity index (χ2n) is 4.39. The first kappa shape index (κ1) is 18.2. The molecule has 0 radical (unpaired) electrons. The van der Waals surface area contributed by atoms with Gasteiger partial charge in [-0.05, 0) is 18.2 Å². The number of hydrogen-bond donors (Lipinski definition) is 2. The lowest BCUT2D eigenvalue weighted by Gasteiger charge is -2.10. The molecule has 24 heavy (non-hydrogen) atoms. The van der Waals surface area contributed by atoms with E-state index in [9.17, 15) is 30.8 Å². The van der Waals surface area contributed by atoms with Crippen LogP contribution in [0, 0.1) is 23.3 Å². The molecule has 2 aromatic carbocycles. The summed E-state index contributed by atoms with van der Waals surface area (Å²) in [5.74, 6) is -9.55. The summed E-state index contributed by atoms with van der Waals surface area (Å²) in [6.45, 7) is 0. The van der Waals surface area contributed by atoms with Gasteiger partial charge in [0, 0.05) is 4.90 Å². The summed E-state index contributed by atoms with van der Waals surface area (Å²) in [5.41, 5.74) is -0.220. The van der Waals surface area contributed by atoms with Gasteiger partial charge in [-0.15, -0.1) is 0 Å². The second kappa shape index (κ2) is 6.42. The van der Waals surface area contributed by atoms with Gasteiger partial charge in [-0.25, -0.2) is 35.9 Å². The van der Waals surface area contributed by atoms with E-state index >= 15 is 0 Å². The fourth-order valence-corrected chi connectivity index (χ4v) is 3.35. The van der Waals surface area contributed by atoms with Gasteiger partial charge in [0.05, 0.1) is 10.5 Å². The molecule has 0 aliphatic carbocycles. The van der Waals surface area contributed by atoms with Crippen molar-refractivity contribution in [3.8, 4) is 0 Å². The number of carboxylic acid groups (broad SMARTS) is 1. The summed E-state index contributed by atoms with van der Waals surface area (Å²) in [4.78, 5) is 7.73. The van der Waals surface area contributed by atoms with E-state index in [1.807, 2.05) is 0 Å². The van der Waals surface area contributed by atoms with Crippen molar-refractivity contribution in [1.82, 2.24) is 0 Å². The average Bonchev–Trinajstić information content (AvgIpc) is 2.48. The largest absolute Gasteiger partial charge is 0.478 e. The van der Waals surface area contributed by atoms with Crippen molar-refractivity contribution in [3.05, 3.63) is 53.1 Å². The molecule has 0 atom stereocenters. The molecule has 3 N–H and O–H groups in total. The van der Waals surface area contributed by atoms with Crippen LogP contribution in [0.25, 0.3) is 0 Å². The number of primary sulfonamides is 1. The van der Waals surface area contributed by atoms with Crippen molar-refractivity contribution >= 4 is 27.8 Å². The van der Waals surface area contributed by atoms with Crippen LogP contribution in [0.4, 0.5) is 17.6 Å². The summed E-state index contributed by atoms with van der Waals surface area (Å²) in [6, 6.07) is 4.73. The monoisotopic (exact) mass is 381 g/mol. The fourth-order valence-electron chi connectivity index (χ4n) is 1.74. The lowest BCUT2D eigenvalue weighted by Crippen LogP contribution is -2.19. The predicted molar refractivity (Wildman–Crippen MR) is 75.2 cm³/mol. The van der Waals surface area contributed by atoms with Gasteiger partial charge in [-0.3, -0.25) is 0 Å². The van der Waals surface area contributed by atoms with E-state index in [0.717, 1.165) is 6.07 Å². The number of halogens is 4. The van der Waals surface area contributed by atoms with Crippen molar-refractivity contribution in [1.29, 1.82) is 0 Å². The van der Waals surface area contributed by atoms with Crippen molar-refractivity contribution in [2.45, 2.75) is 14.7 Å². The topological polar surface area (TPSA) is 97.5 Å². The Bertz CT molecular complexity index is 918. The maximum atomic E-state index is 13.9. The Morgan fingerprint density at radius 3 is 2.04 bits per heavy atom. The molecule has 0 saturated heterocycles. The van der Waals surface area contributed by atoms with Crippen LogP contribution in [0.3, 0.4) is 0 Å². The van der Waals surface area contributed by atoms with Gasteiger partial charge >= 0.3 is 5.97 Å². The third-order valence-corrected chi connectivity index (χ3v) is 4.75. The van der Waals surface area contributed by atoms with Crippen LogP contribution in [0.2, 0.25) is 0 Å². The minimum Gasteiger partial charge on any atom is -0.478 e. The molecule has 0 bridgehead atoms. The van der Waals surface area contributed by atoms with Crippen LogP contribution in [-0.2, 0) is 10.0 Å². The highest BCUT2D eigenvalue weighted by molar-refractivity contribution is 7.99. The smallest absolute Gasteiger partial charge is 0.335 e. The molecular formula is C13H7F4NO4S2. The second-order valence-corrected chi connectivity index (χ2v) is 6.98. The van der Waals surface area contributed by atoms with Crippen molar-refractivity contribution in [2.24, 2.45) is 5.14 Å². The molecule has 0 aliphatic rings. The van der Waals surface area contributed by atoms with E-state index in [2.05, 4.69) is 5.14 Å². The van der Waals surface area contributed by atoms with Crippen LogP contribution in [0.1, 0.15) is 10.4 Å². The maximum absolute atomic E-state index is 13.9. The molecule has 2 rings (SSSR count). The highest BCUT2D eigenvalue weighted by atomic mass is 32.2. The minimum atomic E-state index is -5.03. The van der Waals surface area contributed by atoms with E-state index in [4.69, 9.17) is 5.11 Å². The Kier molecular flexibility index (Phi) is 4.87. The zero-order chi connectivity index (χ0) is 18.2. The predicted octanol–water partition coefficient (Wildman–Crippen LogP) is 2.74. The zero-order valence-electron chi connectivity index (χ0n) is 11.4. The lowest BCUT2D eigenvalue weighted by atomic mass is 10.2. The van der Waals surface area contributed by atoms with Gasteiger partial charge in [-0.2, -0.15) is 0 Å².